The van der Waals surface area contributed by atoms with Crippen LogP contribution in [0.2, 0.25) is 0 Å². The third-order valence-electron chi connectivity index (χ3n) is 3.06. The monoisotopic (exact) mass is 277 g/mol. The van der Waals surface area contributed by atoms with Crippen LogP contribution in [-0.2, 0) is 9.59 Å². The third kappa shape index (κ3) is 4.66. The average molecular weight is 277 g/mol. The van der Waals surface area contributed by atoms with Crippen molar-refractivity contribution in [3.63, 3.8) is 0 Å². The highest BCUT2D eigenvalue weighted by Gasteiger charge is 2.13. The summed E-state index contributed by atoms with van der Waals surface area (Å²) in [6.07, 6.45) is 0.425. The van der Waals surface area contributed by atoms with Gasteiger partial charge in [0.15, 0.2) is 0 Å². The Morgan fingerprint density at radius 1 is 1.25 bits per heavy atom. The normalized spacial score (nSPS) is 11.8. The Bertz CT molecular complexity index is 486. The highest BCUT2D eigenvalue weighted by atomic mass is 16.2. The summed E-state index contributed by atoms with van der Waals surface area (Å²) >= 11 is 0. The zero-order valence-corrected chi connectivity index (χ0v) is 12.5. The number of hydrogen-bond donors (Lipinski definition) is 3. The van der Waals surface area contributed by atoms with Crippen molar-refractivity contribution in [3.8, 4) is 0 Å². The Hall–Kier alpha value is -1.88. The van der Waals surface area contributed by atoms with Gasteiger partial charge in [0.2, 0.25) is 11.8 Å². The molecule has 0 heterocycles. The third-order valence-corrected chi connectivity index (χ3v) is 3.06. The molecule has 110 valence electrons. The van der Waals surface area contributed by atoms with E-state index in [0.29, 0.717) is 18.7 Å². The Morgan fingerprint density at radius 3 is 2.55 bits per heavy atom. The molecule has 1 unspecified atom stereocenters. The number of anilines is 2. The highest BCUT2D eigenvalue weighted by molar-refractivity contribution is 5.95. The first-order valence-corrected chi connectivity index (χ1v) is 6.83. The zero-order chi connectivity index (χ0) is 15.1. The molecule has 0 aliphatic carbocycles. The second-order valence-electron chi connectivity index (χ2n) is 4.88. The van der Waals surface area contributed by atoms with Crippen molar-refractivity contribution in [2.75, 3.05) is 24.2 Å². The van der Waals surface area contributed by atoms with Crippen molar-refractivity contribution in [1.82, 2.24) is 5.32 Å². The van der Waals surface area contributed by atoms with Crippen LogP contribution in [0.25, 0.3) is 0 Å². The maximum atomic E-state index is 12.0. The van der Waals surface area contributed by atoms with Gasteiger partial charge in [-0.1, -0.05) is 19.9 Å². The van der Waals surface area contributed by atoms with Crippen molar-refractivity contribution in [2.45, 2.75) is 27.2 Å². The molecule has 5 heteroatoms. The lowest BCUT2D eigenvalue weighted by molar-refractivity contribution is -0.119. The largest absolute Gasteiger partial charge is 0.326 e. The summed E-state index contributed by atoms with van der Waals surface area (Å²) in [7, 11) is 1.82. The second kappa shape index (κ2) is 7.65. The average Bonchev–Trinajstić information content (AvgIpc) is 2.42. The van der Waals surface area contributed by atoms with Crippen LogP contribution in [0, 0.1) is 12.8 Å². The van der Waals surface area contributed by atoms with Gasteiger partial charge in [0.05, 0.1) is 0 Å². The van der Waals surface area contributed by atoms with Crippen LogP contribution in [0.3, 0.4) is 0 Å². The second-order valence-corrected chi connectivity index (χ2v) is 4.88. The highest BCUT2D eigenvalue weighted by Crippen LogP contribution is 2.21. The van der Waals surface area contributed by atoms with E-state index in [-0.39, 0.29) is 17.7 Å². The van der Waals surface area contributed by atoms with Crippen LogP contribution in [-0.4, -0.2) is 25.4 Å². The zero-order valence-electron chi connectivity index (χ0n) is 12.5. The van der Waals surface area contributed by atoms with Gasteiger partial charge in [-0.2, -0.15) is 0 Å². The number of aryl methyl sites for hydroxylation is 1. The fraction of sp³-hybridized carbons (Fsp3) is 0.467. The molecular formula is C15H23N3O2. The van der Waals surface area contributed by atoms with E-state index in [1.165, 1.54) is 0 Å². The lowest BCUT2D eigenvalue weighted by Gasteiger charge is -2.14. The molecule has 20 heavy (non-hydrogen) atoms. The van der Waals surface area contributed by atoms with Crippen LogP contribution in [0.1, 0.15) is 25.8 Å². The van der Waals surface area contributed by atoms with Gasteiger partial charge >= 0.3 is 0 Å². The first-order valence-electron chi connectivity index (χ1n) is 6.83. The minimum atomic E-state index is -0.117. The molecule has 0 radical (unpaired) electrons. The van der Waals surface area contributed by atoms with Crippen molar-refractivity contribution >= 4 is 23.2 Å². The van der Waals surface area contributed by atoms with Crippen LogP contribution in [0.15, 0.2) is 18.2 Å². The van der Waals surface area contributed by atoms with Crippen LogP contribution in [0.4, 0.5) is 11.4 Å². The molecule has 1 rings (SSSR count). The van der Waals surface area contributed by atoms with Crippen LogP contribution < -0.4 is 16.0 Å². The summed E-state index contributed by atoms with van der Waals surface area (Å²) in [5.41, 5.74) is 2.38. The SMILES string of the molecule is CCC(=O)Nc1ccc(C)c(NC(=O)C(C)CNC)c1. The molecule has 0 aliphatic rings. The van der Waals surface area contributed by atoms with Gasteiger partial charge in [-0.05, 0) is 31.7 Å². The predicted molar refractivity (Wildman–Crippen MR) is 81.8 cm³/mol. The number of amides is 2. The van der Waals surface area contributed by atoms with E-state index in [1.54, 1.807) is 13.0 Å². The Labute approximate surface area is 120 Å². The molecule has 1 aromatic carbocycles. The van der Waals surface area contributed by atoms with Gasteiger partial charge in [0.1, 0.15) is 0 Å². The fourth-order valence-corrected chi connectivity index (χ4v) is 1.74. The van der Waals surface area contributed by atoms with Crippen LogP contribution in [0.5, 0.6) is 0 Å². The summed E-state index contributed by atoms with van der Waals surface area (Å²) < 4.78 is 0. The number of benzene rings is 1. The quantitative estimate of drug-likeness (QED) is 0.746. The standard InChI is InChI=1S/C15H23N3O2/c1-5-14(19)17-12-7-6-10(2)13(8-12)18-15(20)11(3)9-16-4/h6-8,11,16H,5,9H2,1-4H3,(H,17,19)(H,18,20). The van der Waals surface area contributed by atoms with Gasteiger partial charge in [0, 0.05) is 30.3 Å². The summed E-state index contributed by atoms with van der Waals surface area (Å²) in [5, 5.41) is 8.66. The molecule has 1 atom stereocenters. The van der Waals surface area contributed by atoms with Gasteiger partial charge in [-0.3, -0.25) is 9.59 Å². The molecule has 0 bridgehead atoms. The van der Waals surface area contributed by atoms with Crippen molar-refractivity contribution in [1.29, 1.82) is 0 Å². The maximum Gasteiger partial charge on any atom is 0.228 e. The number of carbonyl (C=O) groups excluding carboxylic acids is 2. The van der Waals surface area contributed by atoms with E-state index in [0.717, 1.165) is 11.3 Å². The van der Waals surface area contributed by atoms with Crippen molar-refractivity contribution in [3.05, 3.63) is 23.8 Å². The first-order chi connectivity index (χ1) is 9.47. The van der Waals surface area contributed by atoms with Crippen molar-refractivity contribution in [2.24, 2.45) is 5.92 Å². The summed E-state index contributed by atoms with van der Waals surface area (Å²) in [6.45, 7) is 6.20. The predicted octanol–water partition coefficient (Wildman–Crippen LogP) is 2.14. The molecule has 3 N–H and O–H groups in total. The lowest BCUT2D eigenvalue weighted by atomic mass is 10.1. The van der Waals surface area contributed by atoms with Crippen molar-refractivity contribution < 1.29 is 9.59 Å². The van der Waals surface area contributed by atoms with Gasteiger partial charge < -0.3 is 16.0 Å². The summed E-state index contributed by atoms with van der Waals surface area (Å²) in [6, 6.07) is 5.49. The molecular weight excluding hydrogens is 254 g/mol. The molecule has 1 aromatic rings. The van der Waals surface area contributed by atoms with E-state index in [2.05, 4.69) is 16.0 Å². The van der Waals surface area contributed by atoms with E-state index >= 15 is 0 Å². The Balaban J connectivity index is 2.81. The van der Waals surface area contributed by atoms with Crippen LogP contribution >= 0.6 is 0 Å². The number of carbonyl (C=O) groups is 2. The Morgan fingerprint density at radius 2 is 1.95 bits per heavy atom. The van der Waals surface area contributed by atoms with E-state index in [9.17, 15) is 9.59 Å². The molecule has 0 fully saturated rings. The van der Waals surface area contributed by atoms with E-state index in [1.807, 2.05) is 33.0 Å². The topological polar surface area (TPSA) is 70.2 Å². The molecule has 0 saturated carbocycles. The smallest absolute Gasteiger partial charge is 0.228 e. The lowest BCUT2D eigenvalue weighted by Crippen LogP contribution is -2.28. The molecule has 0 aromatic heterocycles. The number of rotatable bonds is 6. The van der Waals surface area contributed by atoms with E-state index in [4.69, 9.17) is 0 Å². The molecule has 0 spiro atoms. The van der Waals surface area contributed by atoms with Gasteiger partial charge in [-0.25, -0.2) is 0 Å². The molecule has 5 nitrogen and oxygen atoms in total. The maximum absolute atomic E-state index is 12.0. The Kier molecular flexibility index (Phi) is 6.18. The fourth-order valence-electron chi connectivity index (χ4n) is 1.74. The van der Waals surface area contributed by atoms with Gasteiger partial charge in [-0.15, -0.1) is 0 Å². The first kappa shape index (κ1) is 16.2. The summed E-state index contributed by atoms with van der Waals surface area (Å²) in [4.78, 5) is 23.4. The van der Waals surface area contributed by atoms with Gasteiger partial charge in [0.25, 0.3) is 0 Å². The minimum Gasteiger partial charge on any atom is -0.326 e. The molecule has 2 amide bonds. The minimum absolute atomic E-state index is 0.0404. The molecule has 0 saturated heterocycles. The molecule has 0 aliphatic heterocycles. The number of hydrogen-bond acceptors (Lipinski definition) is 3. The van der Waals surface area contributed by atoms with E-state index < -0.39 is 0 Å². The number of nitrogens with one attached hydrogen (secondary N) is 3. The summed E-state index contributed by atoms with van der Waals surface area (Å²) in [5.74, 6) is -0.204.